The van der Waals surface area contributed by atoms with Crippen LogP contribution in [0.3, 0.4) is 0 Å². The summed E-state index contributed by atoms with van der Waals surface area (Å²) in [7, 11) is 1.66. The van der Waals surface area contributed by atoms with Crippen molar-refractivity contribution in [3.8, 4) is 5.75 Å². The monoisotopic (exact) mass is 260 g/mol. The second kappa shape index (κ2) is 6.23. The molecule has 2 nitrogen and oxygen atoms in total. The molecule has 0 bridgehead atoms. The normalized spacial score (nSPS) is 23.1. The van der Waals surface area contributed by atoms with Crippen molar-refractivity contribution in [1.82, 2.24) is 0 Å². The van der Waals surface area contributed by atoms with Crippen LogP contribution in [-0.4, -0.2) is 12.9 Å². The largest absolute Gasteiger partial charge is 0.496 e. The van der Waals surface area contributed by atoms with Gasteiger partial charge in [0.1, 0.15) is 5.75 Å². The topological polar surface area (TPSA) is 26.3 Å². The number of hydrogen-bond donors (Lipinski definition) is 0. The third-order valence-corrected chi connectivity index (χ3v) is 4.46. The second-order valence-corrected chi connectivity index (χ2v) is 5.61. The first kappa shape index (κ1) is 14.1. The molecule has 2 unspecified atom stereocenters. The summed E-state index contributed by atoms with van der Waals surface area (Å²) >= 11 is 0. The third kappa shape index (κ3) is 2.99. The fourth-order valence-corrected chi connectivity index (χ4v) is 3.23. The zero-order valence-corrected chi connectivity index (χ0v) is 12.2. The van der Waals surface area contributed by atoms with Gasteiger partial charge in [-0.05, 0) is 37.3 Å². The third-order valence-electron chi connectivity index (χ3n) is 4.46. The van der Waals surface area contributed by atoms with Gasteiger partial charge in [-0.3, -0.25) is 4.79 Å². The number of hydrogen-bond acceptors (Lipinski definition) is 2. The summed E-state index contributed by atoms with van der Waals surface area (Å²) < 4.78 is 5.32. The van der Waals surface area contributed by atoms with Crippen molar-refractivity contribution in [2.75, 3.05) is 7.11 Å². The highest BCUT2D eigenvalue weighted by atomic mass is 16.5. The SMILES string of the molecule is CCC1CCCCC1C(=O)c1ccc(C)c(OC)c1. The van der Waals surface area contributed by atoms with Crippen molar-refractivity contribution >= 4 is 5.78 Å². The van der Waals surface area contributed by atoms with Crippen LogP contribution >= 0.6 is 0 Å². The van der Waals surface area contributed by atoms with Crippen LogP contribution in [0.25, 0.3) is 0 Å². The minimum absolute atomic E-state index is 0.214. The van der Waals surface area contributed by atoms with E-state index in [1.165, 1.54) is 19.3 Å². The smallest absolute Gasteiger partial charge is 0.166 e. The van der Waals surface area contributed by atoms with Crippen LogP contribution in [0.4, 0.5) is 0 Å². The van der Waals surface area contributed by atoms with Gasteiger partial charge < -0.3 is 4.74 Å². The van der Waals surface area contributed by atoms with Crippen LogP contribution in [-0.2, 0) is 0 Å². The lowest BCUT2D eigenvalue weighted by Gasteiger charge is -2.29. The number of carbonyl (C=O) groups excluding carboxylic acids is 1. The lowest BCUT2D eigenvalue weighted by atomic mass is 9.74. The fraction of sp³-hybridized carbons (Fsp3) is 0.588. The molecule has 0 aliphatic heterocycles. The van der Waals surface area contributed by atoms with Gasteiger partial charge in [-0.15, -0.1) is 0 Å². The maximum Gasteiger partial charge on any atom is 0.166 e. The number of ether oxygens (including phenoxy) is 1. The van der Waals surface area contributed by atoms with Crippen molar-refractivity contribution in [3.05, 3.63) is 29.3 Å². The summed E-state index contributed by atoms with van der Waals surface area (Å²) in [5, 5.41) is 0. The van der Waals surface area contributed by atoms with E-state index in [1.807, 2.05) is 25.1 Å². The maximum atomic E-state index is 12.7. The van der Waals surface area contributed by atoms with Crippen LogP contribution in [0.5, 0.6) is 5.75 Å². The number of rotatable bonds is 4. The first-order valence-corrected chi connectivity index (χ1v) is 7.36. The van der Waals surface area contributed by atoms with E-state index in [0.717, 1.165) is 29.7 Å². The van der Waals surface area contributed by atoms with Gasteiger partial charge in [0.15, 0.2) is 5.78 Å². The fourth-order valence-electron chi connectivity index (χ4n) is 3.23. The Hall–Kier alpha value is -1.31. The standard InChI is InChI=1S/C17H24O2/c1-4-13-7-5-6-8-15(13)17(18)14-10-9-12(2)16(11-14)19-3/h9-11,13,15H,4-8H2,1-3H3. The predicted molar refractivity (Wildman–Crippen MR) is 77.8 cm³/mol. The molecular weight excluding hydrogens is 236 g/mol. The zero-order valence-electron chi connectivity index (χ0n) is 12.2. The van der Waals surface area contributed by atoms with Crippen LogP contribution in [0.2, 0.25) is 0 Å². The van der Waals surface area contributed by atoms with E-state index in [9.17, 15) is 4.79 Å². The Kier molecular flexibility index (Phi) is 4.62. The number of Topliss-reactive ketones (excluding diaryl/α,β-unsaturated/α-hetero) is 1. The summed E-state index contributed by atoms with van der Waals surface area (Å²) in [4.78, 5) is 12.7. The highest BCUT2D eigenvalue weighted by Gasteiger charge is 2.30. The van der Waals surface area contributed by atoms with E-state index in [2.05, 4.69) is 6.92 Å². The van der Waals surface area contributed by atoms with Crippen molar-refractivity contribution in [1.29, 1.82) is 0 Å². The van der Waals surface area contributed by atoms with Gasteiger partial charge in [0.2, 0.25) is 0 Å². The van der Waals surface area contributed by atoms with Gasteiger partial charge in [-0.25, -0.2) is 0 Å². The number of benzene rings is 1. The number of carbonyl (C=O) groups is 1. The van der Waals surface area contributed by atoms with Gasteiger partial charge >= 0.3 is 0 Å². The van der Waals surface area contributed by atoms with Crippen molar-refractivity contribution in [3.63, 3.8) is 0 Å². The summed E-state index contributed by atoms with van der Waals surface area (Å²) in [6.45, 7) is 4.20. The minimum atomic E-state index is 0.214. The molecule has 1 aliphatic rings. The molecule has 0 heterocycles. The molecule has 19 heavy (non-hydrogen) atoms. The van der Waals surface area contributed by atoms with E-state index in [4.69, 9.17) is 4.74 Å². The Morgan fingerprint density at radius 3 is 2.74 bits per heavy atom. The van der Waals surface area contributed by atoms with E-state index >= 15 is 0 Å². The van der Waals surface area contributed by atoms with Crippen molar-refractivity contribution in [2.45, 2.75) is 46.0 Å². The van der Waals surface area contributed by atoms with Crippen molar-refractivity contribution < 1.29 is 9.53 Å². The average molecular weight is 260 g/mol. The van der Waals surface area contributed by atoms with Gasteiger partial charge in [0.25, 0.3) is 0 Å². The predicted octanol–water partition coefficient (Wildman–Crippen LogP) is 4.40. The van der Waals surface area contributed by atoms with Gasteiger partial charge in [-0.1, -0.05) is 38.3 Å². The Bertz CT molecular complexity index is 451. The molecule has 1 aromatic carbocycles. The molecule has 104 valence electrons. The zero-order chi connectivity index (χ0) is 13.8. The summed E-state index contributed by atoms with van der Waals surface area (Å²) in [6.07, 6.45) is 5.83. The van der Waals surface area contributed by atoms with Gasteiger partial charge in [0.05, 0.1) is 7.11 Å². The Labute approximate surface area is 116 Å². The summed E-state index contributed by atoms with van der Waals surface area (Å²) in [5.74, 6) is 1.90. The maximum absolute atomic E-state index is 12.7. The number of methoxy groups -OCH3 is 1. The Morgan fingerprint density at radius 1 is 1.32 bits per heavy atom. The molecule has 2 heteroatoms. The number of aryl methyl sites for hydroxylation is 1. The van der Waals surface area contributed by atoms with Crippen LogP contribution < -0.4 is 4.74 Å². The van der Waals surface area contributed by atoms with Gasteiger partial charge in [-0.2, -0.15) is 0 Å². The van der Waals surface area contributed by atoms with E-state index in [0.29, 0.717) is 11.7 Å². The van der Waals surface area contributed by atoms with Crippen LogP contribution in [0, 0.1) is 18.8 Å². The minimum Gasteiger partial charge on any atom is -0.496 e. The lowest BCUT2D eigenvalue weighted by molar-refractivity contribution is 0.0820. The first-order chi connectivity index (χ1) is 9.17. The highest BCUT2D eigenvalue weighted by molar-refractivity contribution is 5.98. The number of ketones is 1. The molecule has 2 atom stereocenters. The Morgan fingerprint density at radius 2 is 2.05 bits per heavy atom. The van der Waals surface area contributed by atoms with E-state index in [-0.39, 0.29) is 5.92 Å². The molecule has 1 saturated carbocycles. The first-order valence-electron chi connectivity index (χ1n) is 7.36. The molecule has 0 aromatic heterocycles. The lowest BCUT2D eigenvalue weighted by Crippen LogP contribution is -2.27. The molecule has 1 fully saturated rings. The molecule has 0 N–H and O–H groups in total. The second-order valence-electron chi connectivity index (χ2n) is 5.61. The summed E-state index contributed by atoms with van der Waals surface area (Å²) in [5.41, 5.74) is 1.89. The molecule has 0 saturated heterocycles. The molecule has 0 spiro atoms. The van der Waals surface area contributed by atoms with Gasteiger partial charge in [0, 0.05) is 11.5 Å². The van der Waals surface area contributed by atoms with Crippen molar-refractivity contribution in [2.24, 2.45) is 11.8 Å². The van der Waals surface area contributed by atoms with Crippen LogP contribution in [0.15, 0.2) is 18.2 Å². The quantitative estimate of drug-likeness (QED) is 0.750. The van der Waals surface area contributed by atoms with Crippen LogP contribution in [0.1, 0.15) is 54.9 Å². The van der Waals surface area contributed by atoms with E-state index < -0.39 is 0 Å². The van der Waals surface area contributed by atoms with E-state index in [1.54, 1.807) is 7.11 Å². The summed E-state index contributed by atoms with van der Waals surface area (Å²) in [6, 6.07) is 5.83. The molecule has 2 rings (SSSR count). The molecule has 1 aromatic rings. The molecule has 1 aliphatic carbocycles. The molecule has 0 radical (unpaired) electrons. The molecule has 0 amide bonds. The molecular formula is C17H24O2. The highest BCUT2D eigenvalue weighted by Crippen LogP contribution is 2.35. The average Bonchev–Trinajstić information content (AvgIpc) is 2.47. The Balaban J connectivity index is 2.22.